The van der Waals surface area contributed by atoms with E-state index in [0.29, 0.717) is 12.8 Å². The molecule has 4 heteroatoms. The molecule has 1 aliphatic carbocycles. The standard InChI is InChI=1S/C8H11IO3/c1-12-7(11)8(6(9)10)4-2-3-5-8/h2-5H2,1H3. The average Bonchev–Trinajstić information content (AvgIpc) is 2.52. The van der Waals surface area contributed by atoms with Gasteiger partial charge in [0.1, 0.15) is 5.41 Å². The van der Waals surface area contributed by atoms with Gasteiger partial charge in [0.15, 0.2) is 0 Å². The second kappa shape index (κ2) is 3.72. The van der Waals surface area contributed by atoms with Crippen LogP contribution in [-0.4, -0.2) is 16.9 Å². The maximum atomic E-state index is 11.3. The van der Waals surface area contributed by atoms with Crippen LogP contribution in [0.2, 0.25) is 0 Å². The van der Waals surface area contributed by atoms with E-state index >= 15 is 0 Å². The number of methoxy groups -OCH3 is 1. The van der Waals surface area contributed by atoms with Gasteiger partial charge in [-0.05, 0) is 12.8 Å². The SMILES string of the molecule is COC(=O)C1(C(=O)I)CCCC1. The van der Waals surface area contributed by atoms with Crippen LogP contribution in [0.25, 0.3) is 0 Å². The highest BCUT2D eigenvalue weighted by molar-refractivity contribution is 14.1. The van der Waals surface area contributed by atoms with E-state index in [9.17, 15) is 9.59 Å². The summed E-state index contributed by atoms with van der Waals surface area (Å²) in [5, 5.41) is 0. The smallest absolute Gasteiger partial charge is 0.320 e. The molecule has 1 aliphatic rings. The summed E-state index contributed by atoms with van der Waals surface area (Å²) in [6.45, 7) is 0. The van der Waals surface area contributed by atoms with Crippen molar-refractivity contribution < 1.29 is 14.3 Å². The number of rotatable bonds is 2. The van der Waals surface area contributed by atoms with Crippen molar-refractivity contribution in [1.29, 1.82) is 0 Å². The third-order valence-corrected chi connectivity index (χ3v) is 3.44. The van der Waals surface area contributed by atoms with Gasteiger partial charge >= 0.3 is 5.97 Å². The molecule has 3 nitrogen and oxygen atoms in total. The van der Waals surface area contributed by atoms with Crippen molar-refractivity contribution in [2.24, 2.45) is 5.41 Å². The van der Waals surface area contributed by atoms with Crippen LogP contribution < -0.4 is 0 Å². The third kappa shape index (κ3) is 1.48. The normalized spacial score (nSPS) is 20.5. The molecule has 12 heavy (non-hydrogen) atoms. The Morgan fingerprint density at radius 2 is 1.83 bits per heavy atom. The molecule has 0 aromatic heterocycles. The van der Waals surface area contributed by atoms with Gasteiger partial charge < -0.3 is 4.74 Å². The fourth-order valence-electron chi connectivity index (χ4n) is 1.65. The predicted molar refractivity (Wildman–Crippen MR) is 51.9 cm³/mol. The fourth-order valence-corrected chi connectivity index (χ4v) is 2.41. The number of carbonyl (C=O) groups excluding carboxylic acids is 2. The molecule has 0 unspecified atom stereocenters. The largest absolute Gasteiger partial charge is 0.468 e. The monoisotopic (exact) mass is 282 g/mol. The molecule has 0 radical (unpaired) electrons. The van der Waals surface area contributed by atoms with Gasteiger partial charge in [0.2, 0.25) is 3.79 Å². The topological polar surface area (TPSA) is 43.4 Å². The summed E-state index contributed by atoms with van der Waals surface area (Å²) >= 11 is 1.70. The molecule has 0 heterocycles. The molecule has 0 aromatic carbocycles. The molecule has 0 spiro atoms. The van der Waals surface area contributed by atoms with Crippen LogP contribution >= 0.6 is 22.6 Å². The third-order valence-electron chi connectivity index (χ3n) is 2.41. The van der Waals surface area contributed by atoms with Gasteiger partial charge in [-0.1, -0.05) is 12.8 Å². The first-order valence-corrected chi connectivity index (χ1v) is 5.00. The minimum atomic E-state index is -0.810. The van der Waals surface area contributed by atoms with Crippen LogP contribution in [-0.2, 0) is 14.3 Å². The molecule has 0 aliphatic heterocycles. The van der Waals surface area contributed by atoms with Crippen molar-refractivity contribution >= 4 is 32.4 Å². The highest BCUT2D eigenvalue weighted by Crippen LogP contribution is 2.41. The Labute approximate surface area is 85.0 Å². The molecule has 0 atom stereocenters. The molecule has 0 saturated heterocycles. The Kier molecular flexibility index (Phi) is 3.09. The van der Waals surface area contributed by atoms with Crippen molar-refractivity contribution in [3.63, 3.8) is 0 Å². The lowest BCUT2D eigenvalue weighted by Crippen LogP contribution is -2.34. The first-order valence-electron chi connectivity index (χ1n) is 3.92. The van der Waals surface area contributed by atoms with E-state index in [0.717, 1.165) is 12.8 Å². The zero-order valence-electron chi connectivity index (χ0n) is 6.93. The van der Waals surface area contributed by atoms with Gasteiger partial charge in [-0.3, -0.25) is 9.59 Å². The Morgan fingerprint density at radius 3 is 2.17 bits per heavy atom. The second-order valence-electron chi connectivity index (χ2n) is 3.05. The summed E-state index contributed by atoms with van der Waals surface area (Å²) in [4.78, 5) is 22.6. The molecular formula is C8H11IO3. The molecule has 68 valence electrons. The van der Waals surface area contributed by atoms with Crippen molar-refractivity contribution in [2.75, 3.05) is 7.11 Å². The van der Waals surface area contributed by atoms with Gasteiger partial charge in [-0.2, -0.15) is 0 Å². The van der Waals surface area contributed by atoms with E-state index in [1.54, 1.807) is 22.6 Å². The van der Waals surface area contributed by atoms with Gasteiger partial charge in [0.25, 0.3) is 0 Å². The predicted octanol–water partition coefficient (Wildman–Crippen LogP) is 1.68. The van der Waals surface area contributed by atoms with Crippen molar-refractivity contribution in [2.45, 2.75) is 25.7 Å². The van der Waals surface area contributed by atoms with Crippen molar-refractivity contribution in [1.82, 2.24) is 0 Å². The number of ether oxygens (including phenoxy) is 1. The summed E-state index contributed by atoms with van der Waals surface area (Å²) in [5.41, 5.74) is -0.810. The quantitative estimate of drug-likeness (QED) is 0.335. The summed E-state index contributed by atoms with van der Waals surface area (Å²) in [5.74, 6) is -0.362. The van der Waals surface area contributed by atoms with Gasteiger partial charge in [-0.25, -0.2) is 0 Å². The summed E-state index contributed by atoms with van der Waals surface area (Å²) in [6.07, 6.45) is 3.20. The Morgan fingerprint density at radius 1 is 1.33 bits per heavy atom. The zero-order chi connectivity index (χ0) is 9.19. The van der Waals surface area contributed by atoms with Gasteiger partial charge in [0, 0.05) is 22.6 Å². The Balaban J connectivity index is 2.86. The highest BCUT2D eigenvalue weighted by atomic mass is 127. The van der Waals surface area contributed by atoms with Crippen LogP contribution in [0.1, 0.15) is 25.7 Å². The molecule has 0 N–H and O–H groups in total. The minimum Gasteiger partial charge on any atom is -0.468 e. The molecule has 1 rings (SSSR count). The van der Waals surface area contributed by atoms with E-state index in [1.165, 1.54) is 7.11 Å². The molecule has 0 bridgehead atoms. The van der Waals surface area contributed by atoms with E-state index in [-0.39, 0.29) is 9.76 Å². The molecule has 0 aromatic rings. The lowest BCUT2D eigenvalue weighted by atomic mass is 9.88. The molecular weight excluding hydrogens is 271 g/mol. The van der Waals surface area contributed by atoms with Gasteiger partial charge in [-0.15, -0.1) is 0 Å². The maximum absolute atomic E-state index is 11.3. The number of carbonyl (C=O) groups is 2. The average molecular weight is 282 g/mol. The number of esters is 1. The number of hydrogen-bond acceptors (Lipinski definition) is 3. The summed E-state index contributed by atoms with van der Waals surface area (Å²) in [7, 11) is 1.34. The summed E-state index contributed by atoms with van der Waals surface area (Å²) in [6, 6.07) is 0. The van der Waals surface area contributed by atoms with E-state index in [4.69, 9.17) is 0 Å². The van der Waals surface area contributed by atoms with Crippen LogP contribution in [0.4, 0.5) is 0 Å². The first kappa shape index (κ1) is 9.95. The van der Waals surface area contributed by atoms with E-state index in [1.807, 2.05) is 0 Å². The Hall–Kier alpha value is -0.130. The first-order chi connectivity index (χ1) is 5.63. The van der Waals surface area contributed by atoms with E-state index in [2.05, 4.69) is 4.74 Å². The summed E-state index contributed by atoms with van der Waals surface area (Å²) < 4.78 is 4.56. The van der Waals surface area contributed by atoms with Crippen LogP contribution in [0.3, 0.4) is 0 Å². The lowest BCUT2D eigenvalue weighted by molar-refractivity contribution is -0.154. The van der Waals surface area contributed by atoms with Crippen LogP contribution in [0, 0.1) is 5.41 Å². The van der Waals surface area contributed by atoms with E-state index < -0.39 is 5.41 Å². The zero-order valence-corrected chi connectivity index (χ0v) is 9.09. The molecule has 0 amide bonds. The second-order valence-corrected chi connectivity index (χ2v) is 4.03. The molecule has 1 saturated carbocycles. The number of halogens is 1. The lowest BCUT2D eigenvalue weighted by Gasteiger charge is -2.20. The van der Waals surface area contributed by atoms with Crippen molar-refractivity contribution in [3.05, 3.63) is 0 Å². The van der Waals surface area contributed by atoms with Crippen LogP contribution in [0.5, 0.6) is 0 Å². The minimum absolute atomic E-state index is 0.0792. The number of hydrogen-bond donors (Lipinski definition) is 0. The highest BCUT2D eigenvalue weighted by Gasteiger charge is 2.47. The van der Waals surface area contributed by atoms with Crippen LogP contribution in [0.15, 0.2) is 0 Å². The Bertz CT molecular complexity index is 206. The van der Waals surface area contributed by atoms with Gasteiger partial charge in [0.05, 0.1) is 7.11 Å². The molecule has 1 fully saturated rings. The van der Waals surface area contributed by atoms with Crippen molar-refractivity contribution in [3.8, 4) is 0 Å². The maximum Gasteiger partial charge on any atom is 0.320 e. The fraction of sp³-hybridized carbons (Fsp3) is 0.750.